The fourth-order valence-corrected chi connectivity index (χ4v) is 4.77. The Morgan fingerprint density at radius 2 is 1.84 bits per heavy atom. The molecule has 0 aliphatic heterocycles. The van der Waals surface area contributed by atoms with Gasteiger partial charge in [0.2, 0.25) is 0 Å². The van der Waals surface area contributed by atoms with Crippen molar-refractivity contribution in [3.8, 4) is 5.75 Å². The Balaban J connectivity index is 1.64. The quantitative estimate of drug-likeness (QED) is 0.374. The molecule has 1 amide bonds. The zero-order valence-electron chi connectivity index (χ0n) is 17.2. The Morgan fingerprint density at radius 3 is 2.55 bits per heavy atom. The first kappa shape index (κ1) is 20.9. The summed E-state index contributed by atoms with van der Waals surface area (Å²) in [5.74, 6) is 0.136. The van der Waals surface area contributed by atoms with E-state index in [9.17, 15) is 9.90 Å². The van der Waals surface area contributed by atoms with Crippen LogP contribution in [0.1, 0.15) is 32.4 Å². The number of amides is 1. The monoisotopic (exact) mass is 432 g/mol. The van der Waals surface area contributed by atoms with Crippen LogP contribution in [0, 0.1) is 0 Å². The van der Waals surface area contributed by atoms with Crippen LogP contribution >= 0.6 is 11.3 Å². The van der Waals surface area contributed by atoms with Gasteiger partial charge >= 0.3 is 0 Å². The van der Waals surface area contributed by atoms with Gasteiger partial charge in [0.05, 0.1) is 25.3 Å². The number of carbonyl (C=O) groups excluding carboxylic acids is 1. The van der Waals surface area contributed by atoms with Crippen molar-refractivity contribution in [3.63, 3.8) is 0 Å². The van der Waals surface area contributed by atoms with E-state index in [2.05, 4.69) is 23.5 Å². The normalized spacial score (nSPS) is 11.9. The summed E-state index contributed by atoms with van der Waals surface area (Å²) in [6.07, 6.45) is 0.567. The molecule has 4 aromatic rings. The van der Waals surface area contributed by atoms with E-state index in [0.717, 1.165) is 16.0 Å². The van der Waals surface area contributed by atoms with Crippen LogP contribution in [0.25, 0.3) is 10.1 Å². The van der Waals surface area contributed by atoms with E-state index in [-0.39, 0.29) is 12.5 Å². The highest BCUT2D eigenvalue weighted by molar-refractivity contribution is 7.19. The van der Waals surface area contributed by atoms with Crippen molar-refractivity contribution in [1.29, 1.82) is 0 Å². The summed E-state index contributed by atoms with van der Waals surface area (Å²) >= 11 is 1.70. The Labute approximate surface area is 185 Å². The molecule has 4 N–H and O–H groups in total. The number of fused-ring (bicyclic) bond motifs is 1. The molecule has 6 heteroatoms. The number of methoxy groups -OCH3 is 1. The summed E-state index contributed by atoms with van der Waals surface area (Å²) in [5.41, 5.74) is 8.86. The molecule has 1 atom stereocenters. The minimum atomic E-state index is -0.512. The highest BCUT2D eigenvalue weighted by Crippen LogP contribution is 2.35. The third-order valence-electron chi connectivity index (χ3n) is 5.26. The third kappa shape index (κ3) is 4.40. The Hall–Kier alpha value is -3.35. The number of hydrogen-bond acceptors (Lipinski definition) is 5. The number of aliphatic hydroxyl groups excluding tert-OH is 1. The van der Waals surface area contributed by atoms with Gasteiger partial charge in [-0.05, 0) is 35.2 Å². The number of benzene rings is 3. The third-order valence-corrected chi connectivity index (χ3v) is 6.38. The Kier molecular flexibility index (Phi) is 6.21. The van der Waals surface area contributed by atoms with Gasteiger partial charge < -0.3 is 20.9 Å². The average Bonchev–Trinajstić information content (AvgIpc) is 3.21. The Morgan fingerprint density at radius 1 is 1.10 bits per heavy atom. The van der Waals surface area contributed by atoms with Crippen LogP contribution in [0.4, 0.5) is 5.69 Å². The highest BCUT2D eigenvalue weighted by atomic mass is 32.1. The summed E-state index contributed by atoms with van der Waals surface area (Å²) in [7, 11) is 1.54. The molecule has 158 valence electrons. The predicted octanol–water partition coefficient (Wildman–Crippen LogP) is 4.55. The molecule has 0 bridgehead atoms. The zero-order chi connectivity index (χ0) is 21.8. The number of nitrogens with two attached hydrogens (primary N) is 1. The summed E-state index contributed by atoms with van der Waals surface area (Å²) < 4.78 is 6.85. The van der Waals surface area contributed by atoms with Gasteiger partial charge in [0.15, 0.2) is 0 Å². The van der Waals surface area contributed by atoms with E-state index in [1.807, 2.05) is 42.5 Å². The zero-order valence-corrected chi connectivity index (χ0v) is 18.0. The van der Waals surface area contributed by atoms with E-state index < -0.39 is 6.04 Å². The maximum absolute atomic E-state index is 13.1. The van der Waals surface area contributed by atoms with Gasteiger partial charge in [0.1, 0.15) is 5.75 Å². The van der Waals surface area contributed by atoms with Crippen LogP contribution in [0.2, 0.25) is 0 Å². The summed E-state index contributed by atoms with van der Waals surface area (Å²) in [6, 6.07) is 22.6. The standard InChI is InChI=1S/C25H24N2O3S/c1-30-24-19(25(29)27-22(15-28)16-7-3-2-4-8-16)11-12-21(26)20(24)14-18-13-17-9-5-6-10-23(17)31-18/h2-13,22,28H,14-15,26H2,1H3,(H,27,29). The molecule has 1 unspecified atom stereocenters. The van der Waals surface area contributed by atoms with Crippen LogP contribution in [0.5, 0.6) is 5.75 Å². The minimum Gasteiger partial charge on any atom is -0.496 e. The maximum Gasteiger partial charge on any atom is 0.255 e. The first-order chi connectivity index (χ1) is 15.1. The summed E-state index contributed by atoms with van der Waals surface area (Å²) in [6.45, 7) is -0.207. The smallest absolute Gasteiger partial charge is 0.255 e. The fraction of sp³-hybridized carbons (Fsp3) is 0.160. The first-order valence-electron chi connectivity index (χ1n) is 10.00. The van der Waals surface area contributed by atoms with Crippen molar-refractivity contribution in [2.45, 2.75) is 12.5 Å². The van der Waals surface area contributed by atoms with Crippen molar-refractivity contribution in [2.24, 2.45) is 0 Å². The lowest BCUT2D eigenvalue weighted by Crippen LogP contribution is -2.31. The lowest BCUT2D eigenvalue weighted by molar-refractivity contribution is 0.0913. The number of hydrogen-bond donors (Lipinski definition) is 3. The molecule has 4 rings (SSSR count). The van der Waals surface area contributed by atoms with E-state index in [1.54, 1.807) is 30.6 Å². The van der Waals surface area contributed by atoms with Crippen LogP contribution < -0.4 is 15.8 Å². The van der Waals surface area contributed by atoms with E-state index in [4.69, 9.17) is 10.5 Å². The highest BCUT2D eigenvalue weighted by Gasteiger charge is 2.22. The van der Waals surface area contributed by atoms with Gasteiger partial charge in [-0.1, -0.05) is 48.5 Å². The summed E-state index contributed by atoms with van der Waals surface area (Å²) in [5, 5.41) is 13.9. The largest absolute Gasteiger partial charge is 0.496 e. The lowest BCUT2D eigenvalue weighted by atomic mass is 10.0. The molecule has 1 heterocycles. The van der Waals surface area contributed by atoms with Gasteiger partial charge in [0, 0.05) is 27.2 Å². The number of carbonyl (C=O) groups is 1. The minimum absolute atomic E-state index is 0.207. The number of nitrogen functional groups attached to an aromatic ring is 1. The molecule has 0 radical (unpaired) electrons. The van der Waals surface area contributed by atoms with E-state index >= 15 is 0 Å². The second-order valence-corrected chi connectivity index (χ2v) is 8.43. The van der Waals surface area contributed by atoms with Crippen molar-refractivity contribution in [2.75, 3.05) is 19.5 Å². The molecule has 0 saturated heterocycles. The lowest BCUT2D eigenvalue weighted by Gasteiger charge is -2.19. The van der Waals surface area contributed by atoms with Crippen molar-refractivity contribution in [3.05, 3.63) is 94.4 Å². The molecule has 5 nitrogen and oxygen atoms in total. The molecule has 0 aliphatic rings. The van der Waals surface area contributed by atoms with Crippen LogP contribution in [-0.4, -0.2) is 24.7 Å². The van der Waals surface area contributed by atoms with Gasteiger partial charge in [0.25, 0.3) is 5.91 Å². The van der Waals surface area contributed by atoms with Crippen LogP contribution in [0.3, 0.4) is 0 Å². The Bertz CT molecular complexity index is 1170. The van der Waals surface area contributed by atoms with Gasteiger partial charge in [-0.15, -0.1) is 11.3 Å². The molecule has 0 aliphatic carbocycles. The molecule has 31 heavy (non-hydrogen) atoms. The molecular formula is C25H24N2O3S. The van der Waals surface area contributed by atoms with Crippen LogP contribution in [0.15, 0.2) is 72.8 Å². The molecular weight excluding hydrogens is 408 g/mol. The first-order valence-corrected chi connectivity index (χ1v) is 10.8. The van der Waals surface area contributed by atoms with Crippen molar-refractivity contribution < 1.29 is 14.6 Å². The number of thiophene rings is 1. The predicted molar refractivity (Wildman–Crippen MR) is 126 cm³/mol. The maximum atomic E-state index is 13.1. The molecule has 1 aromatic heterocycles. The number of ether oxygens (including phenoxy) is 1. The fourth-order valence-electron chi connectivity index (χ4n) is 3.69. The second kappa shape index (κ2) is 9.20. The van der Waals surface area contributed by atoms with E-state index in [1.165, 1.54) is 10.1 Å². The average molecular weight is 433 g/mol. The molecule has 3 aromatic carbocycles. The molecule has 0 saturated carbocycles. The van der Waals surface area contributed by atoms with E-state index in [0.29, 0.717) is 23.4 Å². The van der Waals surface area contributed by atoms with Crippen molar-refractivity contribution in [1.82, 2.24) is 5.32 Å². The number of nitrogens with one attached hydrogen (secondary N) is 1. The van der Waals surface area contributed by atoms with Gasteiger partial charge in [-0.3, -0.25) is 4.79 Å². The SMILES string of the molecule is COc1c(C(=O)NC(CO)c2ccccc2)ccc(N)c1Cc1cc2ccccc2s1. The number of rotatable bonds is 7. The number of aliphatic hydroxyl groups is 1. The van der Waals surface area contributed by atoms with Crippen molar-refractivity contribution >= 4 is 33.0 Å². The van der Waals surface area contributed by atoms with Gasteiger partial charge in [-0.25, -0.2) is 0 Å². The number of anilines is 1. The van der Waals surface area contributed by atoms with Gasteiger partial charge in [-0.2, -0.15) is 0 Å². The topological polar surface area (TPSA) is 84.6 Å². The molecule has 0 spiro atoms. The molecule has 0 fully saturated rings. The summed E-state index contributed by atoms with van der Waals surface area (Å²) in [4.78, 5) is 14.2. The second-order valence-electron chi connectivity index (χ2n) is 7.26. The van der Waals surface area contributed by atoms with Crippen LogP contribution in [-0.2, 0) is 6.42 Å².